The SMILES string of the molecule is CCNC(=NCC(=O)N1CCc2ccccc21)NC1CCN(C(=O)C(C)C)C1.I. The van der Waals surface area contributed by atoms with Gasteiger partial charge in [-0.1, -0.05) is 32.0 Å². The van der Waals surface area contributed by atoms with Crippen LogP contribution in [0.1, 0.15) is 32.8 Å². The average molecular weight is 513 g/mol. The van der Waals surface area contributed by atoms with Gasteiger partial charge in [-0.25, -0.2) is 4.99 Å². The maximum Gasteiger partial charge on any atom is 0.248 e. The molecule has 7 nitrogen and oxygen atoms in total. The Morgan fingerprint density at radius 2 is 2.00 bits per heavy atom. The summed E-state index contributed by atoms with van der Waals surface area (Å²) in [5.41, 5.74) is 2.21. The Balaban J connectivity index is 0.00000300. The molecule has 0 radical (unpaired) electrons. The van der Waals surface area contributed by atoms with Crippen LogP contribution in [0, 0.1) is 5.92 Å². The third-order valence-corrected chi connectivity index (χ3v) is 5.24. The van der Waals surface area contributed by atoms with Gasteiger partial charge in [-0.3, -0.25) is 9.59 Å². The van der Waals surface area contributed by atoms with Gasteiger partial charge in [-0.2, -0.15) is 0 Å². The Morgan fingerprint density at radius 1 is 1.24 bits per heavy atom. The molecule has 2 aliphatic rings. The minimum Gasteiger partial charge on any atom is -0.357 e. The lowest BCUT2D eigenvalue weighted by Crippen LogP contribution is -2.46. The molecule has 0 bridgehead atoms. The molecule has 1 saturated heterocycles. The van der Waals surface area contributed by atoms with Gasteiger partial charge in [0.25, 0.3) is 0 Å². The van der Waals surface area contributed by atoms with Gasteiger partial charge in [0.2, 0.25) is 11.8 Å². The number of nitrogens with zero attached hydrogens (tertiary/aromatic N) is 3. The normalized spacial score (nSPS) is 18.5. The fourth-order valence-corrected chi connectivity index (χ4v) is 3.79. The minimum absolute atomic E-state index is 0. The summed E-state index contributed by atoms with van der Waals surface area (Å²) in [6, 6.07) is 8.19. The standard InChI is InChI=1S/C21H31N5O2.HI/c1-4-22-21(24-17-10-11-25(14-17)20(28)15(2)3)23-13-19(27)26-12-9-16-7-5-6-8-18(16)26;/h5-8,15,17H,4,9-14H2,1-3H3,(H2,22,23,24);1H. The number of rotatable bonds is 5. The van der Waals surface area contributed by atoms with Gasteiger partial charge in [0.05, 0.1) is 0 Å². The third kappa shape index (κ3) is 5.83. The van der Waals surface area contributed by atoms with E-state index in [-0.39, 0.29) is 54.3 Å². The third-order valence-electron chi connectivity index (χ3n) is 5.24. The number of carbonyl (C=O) groups excluding carboxylic acids is 2. The van der Waals surface area contributed by atoms with Gasteiger partial charge in [0.1, 0.15) is 6.54 Å². The van der Waals surface area contributed by atoms with Crippen LogP contribution in [0.2, 0.25) is 0 Å². The number of aliphatic imine (C=N–C) groups is 1. The van der Waals surface area contributed by atoms with Crippen LogP contribution in [-0.2, 0) is 16.0 Å². The Labute approximate surface area is 190 Å². The first-order valence-electron chi connectivity index (χ1n) is 10.2. The zero-order valence-corrected chi connectivity index (χ0v) is 19.8. The molecule has 2 N–H and O–H groups in total. The van der Waals surface area contributed by atoms with E-state index in [9.17, 15) is 9.59 Å². The molecule has 1 aromatic carbocycles. The second-order valence-corrected chi connectivity index (χ2v) is 7.69. The number of benzene rings is 1. The predicted molar refractivity (Wildman–Crippen MR) is 127 cm³/mol. The van der Waals surface area contributed by atoms with Gasteiger partial charge < -0.3 is 20.4 Å². The summed E-state index contributed by atoms with van der Waals surface area (Å²) in [5, 5.41) is 6.59. The largest absolute Gasteiger partial charge is 0.357 e. The maximum atomic E-state index is 12.7. The Hall–Kier alpha value is -1.84. The Kier molecular flexibility index (Phi) is 8.73. The van der Waals surface area contributed by atoms with Crippen LogP contribution < -0.4 is 15.5 Å². The molecule has 0 aromatic heterocycles. The molecule has 29 heavy (non-hydrogen) atoms. The number of fused-ring (bicyclic) bond motifs is 1. The molecular weight excluding hydrogens is 481 g/mol. The van der Waals surface area contributed by atoms with Crippen molar-refractivity contribution in [3.63, 3.8) is 0 Å². The Bertz CT molecular complexity index is 752. The molecule has 1 unspecified atom stereocenters. The van der Waals surface area contributed by atoms with Crippen molar-refractivity contribution in [2.45, 2.75) is 39.7 Å². The number of likely N-dealkylation sites (tertiary alicyclic amines) is 1. The number of nitrogens with one attached hydrogen (secondary N) is 2. The topological polar surface area (TPSA) is 77.0 Å². The van der Waals surface area contributed by atoms with Crippen molar-refractivity contribution in [2.75, 3.05) is 37.6 Å². The molecule has 1 fully saturated rings. The average Bonchev–Trinajstić information content (AvgIpc) is 3.32. The van der Waals surface area contributed by atoms with Crippen molar-refractivity contribution in [2.24, 2.45) is 10.9 Å². The van der Waals surface area contributed by atoms with Crippen LogP contribution in [0.4, 0.5) is 5.69 Å². The number of para-hydroxylation sites is 1. The van der Waals surface area contributed by atoms with Crippen molar-refractivity contribution in [1.29, 1.82) is 0 Å². The summed E-state index contributed by atoms with van der Waals surface area (Å²) in [4.78, 5) is 33.1. The summed E-state index contributed by atoms with van der Waals surface area (Å²) in [6.07, 6.45) is 1.78. The lowest BCUT2D eigenvalue weighted by Gasteiger charge is -2.21. The van der Waals surface area contributed by atoms with E-state index in [0.29, 0.717) is 25.6 Å². The van der Waals surface area contributed by atoms with E-state index in [4.69, 9.17) is 0 Å². The van der Waals surface area contributed by atoms with Gasteiger partial charge in [0.15, 0.2) is 5.96 Å². The molecule has 160 valence electrons. The molecule has 1 atom stereocenters. The van der Waals surface area contributed by atoms with Crippen LogP contribution in [0.15, 0.2) is 29.3 Å². The second-order valence-electron chi connectivity index (χ2n) is 7.69. The summed E-state index contributed by atoms with van der Waals surface area (Å²) in [7, 11) is 0. The van der Waals surface area contributed by atoms with Crippen LogP contribution in [0.3, 0.4) is 0 Å². The number of hydrogen-bond donors (Lipinski definition) is 2. The smallest absolute Gasteiger partial charge is 0.248 e. The first kappa shape index (κ1) is 23.4. The molecule has 3 rings (SSSR count). The predicted octanol–water partition coefficient (Wildman–Crippen LogP) is 2.01. The highest BCUT2D eigenvalue weighted by atomic mass is 127. The van der Waals surface area contributed by atoms with Crippen molar-refractivity contribution in [3.8, 4) is 0 Å². The van der Waals surface area contributed by atoms with Gasteiger partial charge in [-0.05, 0) is 31.4 Å². The lowest BCUT2D eigenvalue weighted by molar-refractivity contribution is -0.133. The van der Waals surface area contributed by atoms with Crippen molar-refractivity contribution in [3.05, 3.63) is 29.8 Å². The summed E-state index contributed by atoms with van der Waals surface area (Å²) >= 11 is 0. The summed E-state index contributed by atoms with van der Waals surface area (Å²) < 4.78 is 0. The van der Waals surface area contributed by atoms with Crippen molar-refractivity contribution in [1.82, 2.24) is 15.5 Å². The number of hydrogen-bond acceptors (Lipinski definition) is 3. The molecule has 0 saturated carbocycles. The molecule has 0 spiro atoms. The number of guanidine groups is 1. The van der Waals surface area contributed by atoms with E-state index in [1.165, 1.54) is 5.56 Å². The molecule has 0 aliphatic carbocycles. The van der Waals surface area contributed by atoms with E-state index >= 15 is 0 Å². The second kappa shape index (κ2) is 10.8. The molecule has 2 heterocycles. The molecule has 2 aliphatic heterocycles. The monoisotopic (exact) mass is 513 g/mol. The highest BCUT2D eigenvalue weighted by Crippen LogP contribution is 2.27. The molecule has 2 amide bonds. The van der Waals surface area contributed by atoms with Crippen LogP contribution >= 0.6 is 24.0 Å². The van der Waals surface area contributed by atoms with Gasteiger partial charge >= 0.3 is 0 Å². The fraction of sp³-hybridized carbons (Fsp3) is 0.571. The number of amides is 2. The highest BCUT2D eigenvalue weighted by Gasteiger charge is 2.28. The minimum atomic E-state index is 0. The summed E-state index contributed by atoms with van der Waals surface area (Å²) in [6.45, 7) is 8.82. The molecule has 8 heteroatoms. The van der Waals surface area contributed by atoms with Crippen LogP contribution in [-0.4, -0.2) is 61.4 Å². The maximum absolute atomic E-state index is 12.7. The fourth-order valence-electron chi connectivity index (χ4n) is 3.79. The zero-order chi connectivity index (χ0) is 20.1. The lowest BCUT2D eigenvalue weighted by atomic mass is 10.2. The van der Waals surface area contributed by atoms with E-state index in [1.54, 1.807) is 0 Å². The van der Waals surface area contributed by atoms with E-state index in [1.807, 2.05) is 48.8 Å². The van der Waals surface area contributed by atoms with E-state index < -0.39 is 0 Å². The van der Waals surface area contributed by atoms with Gasteiger partial charge in [0, 0.05) is 43.8 Å². The van der Waals surface area contributed by atoms with Crippen LogP contribution in [0.25, 0.3) is 0 Å². The quantitative estimate of drug-likeness (QED) is 0.359. The number of anilines is 1. The molecular formula is C21H32IN5O2. The van der Waals surface area contributed by atoms with Crippen LogP contribution in [0.5, 0.6) is 0 Å². The van der Waals surface area contributed by atoms with Crippen molar-refractivity contribution < 1.29 is 9.59 Å². The van der Waals surface area contributed by atoms with E-state index in [0.717, 1.165) is 25.1 Å². The first-order valence-corrected chi connectivity index (χ1v) is 10.2. The van der Waals surface area contributed by atoms with E-state index in [2.05, 4.69) is 21.7 Å². The first-order chi connectivity index (χ1) is 13.5. The van der Waals surface area contributed by atoms with Gasteiger partial charge in [-0.15, -0.1) is 24.0 Å². The molecule has 1 aromatic rings. The van der Waals surface area contributed by atoms with Crippen molar-refractivity contribution >= 4 is 47.4 Å². The Morgan fingerprint density at radius 3 is 2.72 bits per heavy atom. The summed E-state index contributed by atoms with van der Waals surface area (Å²) in [5.74, 6) is 0.841. The number of carbonyl (C=O) groups is 2. The number of halogens is 1. The highest BCUT2D eigenvalue weighted by molar-refractivity contribution is 14.0. The zero-order valence-electron chi connectivity index (χ0n) is 17.5.